The quantitative estimate of drug-likeness (QED) is 0.752. The number of unbranched alkanes of at least 4 members (excludes halogenated alkanes) is 1. The van der Waals surface area contributed by atoms with Crippen LogP contribution in [0.15, 0.2) is 18.2 Å². The Labute approximate surface area is 147 Å². The second-order valence-electron chi connectivity index (χ2n) is 5.12. The number of halogens is 2. The van der Waals surface area contributed by atoms with E-state index in [2.05, 4.69) is 5.32 Å². The molecule has 23 heavy (non-hydrogen) atoms. The van der Waals surface area contributed by atoms with Crippen molar-refractivity contribution in [2.45, 2.75) is 19.8 Å². The van der Waals surface area contributed by atoms with Gasteiger partial charge in [-0.15, -0.1) is 0 Å². The fourth-order valence-corrected chi connectivity index (χ4v) is 3.21. The number of nitrogens with one attached hydrogen (secondary N) is 1. The van der Waals surface area contributed by atoms with E-state index in [-0.39, 0.29) is 6.54 Å². The first-order valence-corrected chi connectivity index (χ1v) is 9.26. The van der Waals surface area contributed by atoms with Crippen LogP contribution >= 0.6 is 23.2 Å². The van der Waals surface area contributed by atoms with Gasteiger partial charge in [0.25, 0.3) is 10.2 Å². The van der Waals surface area contributed by atoms with E-state index in [1.165, 1.54) is 24.5 Å². The van der Waals surface area contributed by atoms with E-state index in [1.807, 2.05) is 6.92 Å². The number of likely N-dealkylation sites (N-methyl/N-ethyl adjacent to an activating group) is 1. The van der Waals surface area contributed by atoms with E-state index in [1.54, 1.807) is 12.1 Å². The molecule has 0 aromatic heterocycles. The Morgan fingerprint density at radius 1 is 1.17 bits per heavy atom. The van der Waals surface area contributed by atoms with Crippen LogP contribution in [-0.4, -0.2) is 50.1 Å². The lowest BCUT2D eigenvalue weighted by atomic mass is 10.3. The van der Waals surface area contributed by atoms with Gasteiger partial charge in [-0.1, -0.05) is 36.5 Å². The van der Waals surface area contributed by atoms with Crippen LogP contribution in [0.3, 0.4) is 0 Å². The first-order valence-electron chi connectivity index (χ1n) is 7.11. The van der Waals surface area contributed by atoms with Crippen LogP contribution in [-0.2, 0) is 15.0 Å². The van der Waals surface area contributed by atoms with Crippen molar-refractivity contribution in [1.29, 1.82) is 0 Å². The number of carbonyl (C=O) groups is 1. The van der Waals surface area contributed by atoms with E-state index in [4.69, 9.17) is 23.2 Å². The predicted molar refractivity (Wildman–Crippen MR) is 94.2 cm³/mol. The fourth-order valence-electron chi connectivity index (χ4n) is 1.79. The molecule has 9 heteroatoms. The lowest BCUT2D eigenvalue weighted by molar-refractivity contribution is -0.116. The Hall–Kier alpha value is -0.860. The smallest absolute Gasteiger partial charge is 0.281 e. The van der Waals surface area contributed by atoms with E-state index in [0.29, 0.717) is 22.3 Å². The van der Waals surface area contributed by atoms with Gasteiger partial charge in [0.2, 0.25) is 5.91 Å². The lowest BCUT2D eigenvalue weighted by Gasteiger charge is -2.23. The molecule has 0 unspecified atom stereocenters. The Bertz CT molecular complexity index is 653. The molecule has 1 aromatic carbocycles. The van der Waals surface area contributed by atoms with Crippen LogP contribution in [0.4, 0.5) is 5.69 Å². The first kappa shape index (κ1) is 20.2. The molecule has 0 aliphatic heterocycles. The minimum absolute atomic E-state index is 0.293. The van der Waals surface area contributed by atoms with E-state index < -0.39 is 16.1 Å². The lowest BCUT2D eigenvalue weighted by Crippen LogP contribution is -2.43. The molecule has 1 N–H and O–H groups in total. The second-order valence-corrected chi connectivity index (χ2v) is 8.07. The Balaban J connectivity index is 2.66. The molecule has 0 aliphatic rings. The van der Waals surface area contributed by atoms with Gasteiger partial charge in [-0.2, -0.15) is 17.0 Å². The van der Waals surface area contributed by atoms with E-state index in [9.17, 15) is 13.2 Å². The summed E-state index contributed by atoms with van der Waals surface area (Å²) in [5.74, 6) is -0.460. The minimum atomic E-state index is -3.65. The molecule has 6 nitrogen and oxygen atoms in total. The molecule has 0 atom stereocenters. The van der Waals surface area contributed by atoms with Crippen molar-refractivity contribution >= 4 is 45.0 Å². The molecule has 0 spiro atoms. The zero-order valence-corrected chi connectivity index (χ0v) is 15.7. The highest BCUT2D eigenvalue weighted by atomic mass is 35.5. The average Bonchev–Trinajstić information content (AvgIpc) is 2.48. The number of rotatable bonds is 8. The van der Waals surface area contributed by atoms with Crippen molar-refractivity contribution in [3.05, 3.63) is 28.2 Å². The van der Waals surface area contributed by atoms with Crippen LogP contribution < -0.4 is 5.32 Å². The van der Waals surface area contributed by atoms with Crippen molar-refractivity contribution in [2.75, 3.05) is 32.5 Å². The van der Waals surface area contributed by atoms with Crippen molar-refractivity contribution < 1.29 is 13.2 Å². The van der Waals surface area contributed by atoms with Gasteiger partial charge >= 0.3 is 0 Å². The second kappa shape index (κ2) is 8.84. The Kier molecular flexibility index (Phi) is 7.76. The Morgan fingerprint density at radius 2 is 1.83 bits per heavy atom. The fraction of sp³-hybridized carbons (Fsp3) is 0.500. The van der Waals surface area contributed by atoms with Crippen LogP contribution in [0, 0.1) is 0 Å². The highest BCUT2D eigenvalue weighted by Gasteiger charge is 2.25. The summed E-state index contributed by atoms with van der Waals surface area (Å²) in [6, 6.07) is 4.65. The molecule has 1 amide bonds. The Morgan fingerprint density at radius 3 is 2.39 bits per heavy atom. The zero-order valence-electron chi connectivity index (χ0n) is 13.3. The summed E-state index contributed by atoms with van der Waals surface area (Å²) >= 11 is 11.7. The molecule has 0 saturated carbocycles. The summed E-state index contributed by atoms with van der Waals surface area (Å²) in [4.78, 5) is 12.0. The predicted octanol–water partition coefficient (Wildman–Crippen LogP) is 2.84. The highest BCUT2D eigenvalue weighted by Crippen LogP contribution is 2.24. The van der Waals surface area contributed by atoms with Gasteiger partial charge < -0.3 is 5.32 Å². The molecule has 0 aliphatic carbocycles. The molecule has 130 valence electrons. The molecule has 0 saturated heterocycles. The minimum Gasteiger partial charge on any atom is -0.325 e. The average molecular weight is 382 g/mol. The summed E-state index contributed by atoms with van der Waals surface area (Å²) in [6.07, 6.45) is 1.65. The standard InChI is InChI=1S/C14H21Cl2N3O3S/c1-4-5-8-18(2)23(21,22)19(3)10-14(20)17-11-6-7-12(15)13(16)9-11/h6-7,9H,4-5,8,10H2,1-3H3,(H,17,20). The molecule has 0 bridgehead atoms. The maximum atomic E-state index is 12.3. The van der Waals surface area contributed by atoms with Crippen LogP contribution in [0.25, 0.3) is 0 Å². The number of hydrogen-bond donors (Lipinski definition) is 1. The van der Waals surface area contributed by atoms with Gasteiger partial charge in [0, 0.05) is 26.3 Å². The third-order valence-electron chi connectivity index (χ3n) is 3.18. The summed E-state index contributed by atoms with van der Waals surface area (Å²) < 4.78 is 26.8. The number of nitrogens with zero attached hydrogens (tertiary/aromatic N) is 2. The number of amides is 1. The third-order valence-corrected chi connectivity index (χ3v) is 5.81. The zero-order chi connectivity index (χ0) is 17.6. The van der Waals surface area contributed by atoms with Gasteiger partial charge in [-0.3, -0.25) is 4.79 Å². The summed E-state index contributed by atoms with van der Waals surface area (Å²) in [5, 5.41) is 3.28. The maximum absolute atomic E-state index is 12.3. The molecular weight excluding hydrogens is 361 g/mol. The largest absolute Gasteiger partial charge is 0.325 e. The van der Waals surface area contributed by atoms with Gasteiger partial charge in [-0.05, 0) is 24.6 Å². The molecule has 0 fully saturated rings. The summed E-state index contributed by atoms with van der Waals surface area (Å²) in [7, 11) is -0.789. The SMILES string of the molecule is CCCCN(C)S(=O)(=O)N(C)CC(=O)Nc1ccc(Cl)c(Cl)c1. The molecule has 1 aromatic rings. The maximum Gasteiger partial charge on any atom is 0.281 e. The van der Waals surface area contributed by atoms with Crippen LogP contribution in [0.5, 0.6) is 0 Å². The van der Waals surface area contributed by atoms with Crippen molar-refractivity contribution in [1.82, 2.24) is 8.61 Å². The monoisotopic (exact) mass is 381 g/mol. The third kappa shape index (κ3) is 5.93. The normalized spacial score (nSPS) is 12.0. The van der Waals surface area contributed by atoms with E-state index >= 15 is 0 Å². The molecule has 0 radical (unpaired) electrons. The molecule has 0 heterocycles. The van der Waals surface area contributed by atoms with Gasteiger partial charge in [0.05, 0.1) is 16.6 Å². The van der Waals surface area contributed by atoms with Gasteiger partial charge in [0.1, 0.15) is 0 Å². The summed E-state index contributed by atoms with van der Waals surface area (Å²) in [6.45, 7) is 2.10. The van der Waals surface area contributed by atoms with Gasteiger partial charge in [0.15, 0.2) is 0 Å². The van der Waals surface area contributed by atoms with Gasteiger partial charge in [-0.25, -0.2) is 0 Å². The first-order chi connectivity index (χ1) is 10.7. The van der Waals surface area contributed by atoms with Crippen molar-refractivity contribution in [2.24, 2.45) is 0 Å². The summed E-state index contributed by atoms with van der Waals surface area (Å²) in [5.41, 5.74) is 0.453. The highest BCUT2D eigenvalue weighted by molar-refractivity contribution is 7.86. The topological polar surface area (TPSA) is 69.7 Å². The molecular formula is C14H21Cl2N3O3S. The van der Waals surface area contributed by atoms with Crippen molar-refractivity contribution in [3.63, 3.8) is 0 Å². The van der Waals surface area contributed by atoms with Crippen molar-refractivity contribution in [3.8, 4) is 0 Å². The number of hydrogen-bond acceptors (Lipinski definition) is 3. The van der Waals surface area contributed by atoms with E-state index in [0.717, 1.165) is 17.1 Å². The number of carbonyl (C=O) groups excluding carboxylic acids is 1. The van der Waals surface area contributed by atoms with Crippen LogP contribution in [0.2, 0.25) is 10.0 Å². The number of benzene rings is 1. The van der Waals surface area contributed by atoms with Crippen LogP contribution in [0.1, 0.15) is 19.8 Å². The molecule has 1 rings (SSSR count). The number of anilines is 1.